The minimum atomic E-state index is -4.93. The van der Waals surface area contributed by atoms with Crippen molar-refractivity contribution in [1.82, 2.24) is 0 Å². The molecule has 0 bridgehead atoms. The highest BCUT2D eigenvalue weighted by Crippen LogP contribution is 2.37. The van der Waals surface area contributed by atoms with Gasteiger partial charge in [0.05, 0.1) is 23.5 Å². The van der Waals surface area contributed by atoms with Gasteiger partial charge < -0.3 is 0 Å². The zero-order chi connectivity index (χ0) is 21.3. The van der Waals surface area contributed by atoms with Gasteiger partial charge in [-0.25, -0.2) is 0 Å². The van der Waals surface area contributed by atoms with Gasteiger partial charge in [0.2, 0.25) is 0 Å². The number of rotatable bonds is 4. The summed E-state index contributed by atoms with van der Waals surface area (Å²) in [4.78, 5) is 12.5. The summed E-state index contributed by atoms with van der Waals surface area (Å²) < 4.78 is 116. The minimum Gasteiger partial charge on any atom is -0.293 e. The van der Waals surface area contributed by atoms with E-state index >= 15 is 0 Å². The number of hydrogen-bond donors (Lipinski definition) is 0. The lowest BCUT2D eigenvalue weighted by Gasteiger charge is -2.20. The molecule has 0 N–H and O–H groups in total. The zero-order valence-electron chi connectivity index (χ0n) is 13.7. The smallest absolute Gasteiger partial charge is 0.293 e. The van der Waals surface area contributed by atoms with Crippen molar-refractivity contribution in [2.24, 2.45) is 0 Å². The van der Waals surface area contributed by atoms with E-state index in [1.54, 1.807) is 0 Å². The van der Waals surface area contributed by atoms with Crippen LogP contribution in [-0.4, -0.2) is 12.0 Å². The molecule has 0 spiro atoms. The van der Waals surface area contributed by atoms with Gasteiger partial charge in [0.15, 0.2) is 5.78 Å². The number of halogens is 9. The highest BCUT2D eigenvalue weighted by Gasteiger charge is 2.39. The molecule has 0 unspecified atom stereocenters. The van der Waals surface area contributed by atoms with Crippen LogP contribution < -0.4 is 0 Å². The number of carbonyl (C=O) groups excluding carboxylic acids is 1. The standard InChI is InChI=1S/C18H11F9O/c19-16(20,21)9-14(10-3-1-5-12(7-10)17(22,23)24)15(28)11-4-2-6-13(8-11)18(25,26)27/h1-8,14H,9H2/t14-/m1/s1. The first-order valence-corrected chi connectivity index (χ1v) is 7.64. The molecule has 1 nitrogen and oxygen atoms in total. The van der Waals surface area contributed by atoms with Crippen LogP contribution in [0.5, 0.6) is 0 Å². The quantitative estimate of drug-likeness (QED) is 0.405. The second kappa shape index (κ2) is 7.48. The topological polar surface area (TPSA) is 17.1 Å². The SMILES string of the molecule is O=C(c1cccc(C(F)(F)F)c1)[C@H](CC(F)(F)F)c1cccc(C(F)(F)F)c1. The summed E-state index contributed by atoms with van der Waals surface area (Å²) in [6.45, 7) is 0. The van der Waals surface area contributed by atoms with Crippen LogP contribution >= 0.6 is 0 Å². The van der Waals surface area contributed by atoms with Crippen LogP contribution in [0.1, 0.15) is 39.4 Å². The molecule has 0 saturated carbocycles. The van der Waals surface area contributed by atoms with E-state index in [9.17, 15) is 44.3 Å². The summed E-state index contributed by atoms with van der Waals surface area (Å²) in [6, 6.07) is 5.46. The van der Waals surface area contributed by atoms with E-state index in [1.165, 1.54) is 0 Å². The van der Waals surface area contributed by atoms with Crippen molar-refractivity contribution >= 4 is 5.78 Å². The Hall–Kier alpha value is -2.52. The van der Waals surface area contributed by atoms with E-state index in [4.69, 9.17) is 0 Å². The predicted octanol–water partition coefficient (Wildman–Crippen LogP) is 6.64. The lowest BCUT2D eigenvalue weighted by molar-refractivity contribution is -0.139. The van der Waals surface area contributed by atoms with Crippen molar-refractivity contribution in [3.63, 3.8) is 0 Å². The molecule has 0 aliphatic carbocycles. The molecule has 2 aromatic carbocycles. The fraction of sp³-hybridized carbons (Fsp3) is 0.278. The number of alkyl halides is 9. The summed E-state index contributed by atoms with van der Waals surface area (Å²) in [6.07, 6.45) is -16.5. The maximum atomic E-state index is 12.9. The maximum Gasteiger partial charge on any atom is 0.416 e. The lowest BCUT2D eigenvalue weighted by atomic mass is 9.86. The third kappa shape index (κ3) is 5.49. The van der Waals surface area contributed by atoms with Gasteiger partial charge in [-0.15, -0.1) is 0 Å². The molecule has 0 saturated heterocycles. The normalized spacial score (nSPS) is 14.0. The summed E-state index contributed by atoms with van der Waals surface area (Å²) in [7, 11) is 0. The first-order valence-electron chi connectivity index (χ1n) is 7.64. The third-order valence-electron chi connectivity index (χ3n) is 3.84. The van der Waals surface area contributed by atoms with Gasteiger partial charge in [-0.1, -0.05) is 30.3 Å². The average Bonchev–Trinajstić information content (AvgIpc) is 2.57. The summed E-state index contributed by atoms with van der Waals surface area (Å²) >= 11 is 0. The molecule has 0 aromatic heterocycles. The minimum absolute atomic E-state index is 0.374. The Morgan fingerprint density at radius 3 is 1.75 bits per heavy atom. The van der Waals surface area contributed by atoms with Gasteiger partial charge in [0, 0.05) is 5.56 Å². The van der Waals surface area contributed by atoms with Gasteiger partial charge in [-0.3, -0.25) is 4.79 Å². The Kier molecular flexibility index (Phi) is 5.82. The molecule has 0 radical (unpaired) electrons. The second-order valence-corrected chi connectivity index (χ2v) is 5.94. The van der Waals surface area contributed by atoms with Crippen molar-refractivity contribution in [3.8, 4) is 0 Å². The Balaban J connectivity index is 2.52. The van der Waals surface area contributed by atoms with Crippen molar-refractivity contribution in [2.45, 2.75) is 30.9 Å². The average molecular weight is 414 g/mol. The Morgan fingerprint density at radius 2 is 1.25 bits per heavy atom. The Bertz CT molecular complexity index is 847. The van der Waals surface area contributed by atoms with Gasteiger partial charge >= 0.3 is 18.5 Å². The van der Waals surface area contributed by atoms with Crippen molar-refractivity contribution in [2.75, 3.05) is 0 Å². The van der Waals surface area contributed by atoms with Gasteiger partial charge in [-0.2, -0.15) is 39.5 Å². The predicted molar refractivity (Wildman–Crippen MR) is 80.6 cm³/mol. The van der Waals surface area contributed by atoms with E-state index in [2.05, 4.69) is 0 Å². The molecule has 0 fully saturated rings. The van der Waals surface area contributed by atoms with Crippen molar-refractivity contribution in [1.29, 1.82) is 0 Å². The fourth-order valence-electron chi connectivity index (χ4n) is 2.58. The molecule has 28 heavy (non-hydrogen) atoms. The molecule has 152 valence electrons. The van der Waals surface area contributed by atoms with Crippen LogP contribution in [0.15, 0.2) is 48.5 Å². The highest BCUT2D eigenvalue weighted by molar-refractivity contribution is 6.01. The molecule has 2 aromatic rings. The lowest BCUT2D eigenvalue weighted by Crippen LogP contribution is -2.22. The molecule has 2 rings (SSSR count). The van der Waals surface area contributed by atoms with E-state index in [0.29, 0.717) is 24.3 Å². The maximum absolute atomic E-state index is 12.9. The van der Waals surface area contributed by atoms with Crippen LogP contribution in [0, 0.1) is 0 Å². The van der Waals surface area contributed by atoms with Crippen molar-refractivity contribution < 1.29 is 44.3 Å². The highest BCUT2D eigenvalue weighted by atomic mass is 19.4. The number of Topliss-reactive ketones (excluding diaryl/α,β-unsaturated/α-hetero) is 1. The van der Waals surface area contributed by atoms with Crippen LogP contribution in [0.25, 0.3) is 0 Å². The number of hydrogen-bond acceptors (Lipinski definition) is 1. The second-order valence-electron chi connectivity index (χ2n) is 5.94. The number of benzene rings is 2. The first-order chi connectivity index (χ1) is 12.7. The van der Waals surface area contributed by atoms with E-state index < -0.39 is 58.9 Å². The third-order valence-corrected chi connectivity index (χ3v) is 3.84. The monoisotopic (exact) mass is 414 g/mol. The number of ketones is 1. The summed E-state index contributed by atoms with van der Waals surface area (Å²) in [5, 5.41) is 0. The first kappa shape index (κ1) is 21.8. The molecule has 0 amide bonds. The van der Waals surface area contributed by atoms with E-state index in [0.717, 1.165) is 24.3 Å². The van der Waals surface area contributed by atoms with E-state index in [1.807, 2.05) is 0 Å². The fourth-order valence-corrected chi connectivity index (χ4v) is 2.58. The van der Waals surface area contributed by atoms with Crippen LogP contribution in [-0.2, 0) is 12.4 Å². The van der Waals surface area contributed by atoms with E-state index in [-0.39, 0.29) is 0 Å². The molecule has 0 aliphatic heterocycles. The summed E-state index contributed by atoms with van der Waals surface area (Å²) in [5.74, 6) is -3.48. The Labute approximate surface area is 152 Å². The van der Waals surface area contributed by atoms with Gasteiger partial charge in [0.1, 0.15) is 0 Å². The van der Waals surface area contributed by atoms with Gasteiger partial charge in [-0.05, 0) is 23.8 Å². The van der Waals surface area contributed by atoms with Crippen LogP contribution in [0.3, 0.4) is 0 Å². The molecule has 10 heteroatoms. The van der Waals surface area contributed by atoms with Gasteiger partial charge in [0.25, 0.3) is 0 Å². The van der Waals surface area contributed by atoms with Crippen LogP contribution in [0.4, 0.5) is 39.5 Å². The Morgan fingerprint density at radius 1 is 0.750 bits per heavy atom. The zero-order valence-corrected chi connectivity index (χ0v) is 13.7. The molecule has 0 heterocycles. The summed E-state index contributed by atoms with van der Waals surface area (Å²) in [5.41, 5.74) is -3.79. The van der Waals surface area contributed by atoms with Crippen molar-refractivity contribution in [3.05, 3.63) is 70.8 Å². The molecule has 1 atom stereocenters. The molecular formula is C18H11F9O. The molecular weight excluding hydrogens is 403 g/mol. The molecule has 0 aliphatic rings. The largest absolute Gasteiger partial charge is 0.416 e. The van der Waals surface area contributed by atoms with Crippen LogP contribution in [0.2, 0.25) is 0 Å². The number of carbonyl (C=O) groups is 1.